The van der Waals surface area contributed by atoms with Gasteiger partial charge in [-0.15, -0.1) is 0 Å². The molecule has 21 heavy (non-hydrogen) atoms. The van der Waals surface area contributed by atoms with E-state index in [0.29, 0.717) is 5.56 Å². The van der Waals surface area contributed by atoms with Crippen LogP contribution in [0.25, 0.3) is 10.8 Å². The van der Waals surface area contributed by atoms with Crippen LogP contribution in [-0.4, -0.2) is 5.91 Å². The highest BCUT2D eigenvalue weighted by Crippen LogP contribution is 2.31. The number of carbonyl (C=O) groups is 1. The van der Waals surface area contributed by atoms with Gasteiger partial charge in [0, 0.05) is 11.5 Å². The summed E-state index contributed by atoms with van der Waals surface area (Å²) in [6.07, 6.45) is 0. The van der Waals surface area contributed by atoms with Crippen molar-refractivity contribution in [3.63, 3.8) is 0 Å². The van der Waals surface area contributed by atoms with Crippen LogP contribution in [0.15, 0.2) is 66.7 Å². The van der Waals surface area contributed by atoms with Gasteiger partial charge in [-0.25, -0.2) is 0 Å². The van der Waals surface area contributed by atoms with E-state index < -0.39 is 0 Å². The van der Waals surface area contributed by atoms with Crippen molar-refractivity contribution in [2.45, 2.75) is 12.8 Å². The molecule has 3 aromatic rings. The number of hydrogen-bond acceptors (Lipinski definition) is 1. The molecule has 104 valence electrons. The van der Waals surface area contributed by atoms with Crippen molar-refractivity contribution in [1.82, 2.24) is 0 Å². The molecule has 3 aromatic carbocycles. The highest BCUT2D eigenvalue weighted by molar-refractivity contribution is 5.95. The molecule has 1 atom stereocenters. The lowest BCUT2D eigenvalue weighted by molar-refractivity contribution is 0.0999. The number of benzene rings is 3. The van der Waals surface area contributed by atoms with E-state index in [9.17, 15) is 4.79 Å². The Morgan fingerprint density at radius 1 is 0.857 bits per heavy atom. The molecule has 0 saturated carbocycles. The minimum atomic E-state index is -0.377. The molecule has 0 heterocycles. The molecule has 1 amide bonds. The average molecular weight is 275 g/mol. The Morgan fingerprint density at radius 2 is 1.48 bits per heavy atom. The third-order valence-electron chi connectivity index (χ3n) is 3.98. The minimum absolute atomic E-state index is 0.111. The van der Waals surface area contributed by atoms with Gasteiger partial charge in [-0.3, -0.25) is 4.79 Å². The van der Waals surface area contributed by atoms with Crippen LogP contribution in [0, 0.1) is 0 Å². The van der Waals surface area contributed by atoms with E-state index in [1.165, 1.54) is 16.3 Å². The molecule has 0 aliphatic heterocycles. The van der Waals surface area contributed by atoms with E-state index in [-0.39, 0.29) is 11.8 Å². The van der Waals surface area contributed by atoms with Crippen molar-refractivity contribution >= 4 is 16.7 Å². The summed E-state index contributed by atoms with van der Waals surface area (Å²) < 4.78 is 0. The summed E-state index contributed by atoms with van der Waals surface area (Å²) in [6, 6.07) is 22.1. The monoisotopic (exact) mass is 275 g/mol. The van der Waals surface area contributed by atoms with Crippen LogP contribution in [0.3, 0.4) is 0 Å². The largest absolute Gasteiger partial charge is 0.366 e. The molecule has 0 fully saturated rings. The summed E-state index contributed by atoms with van der Waals surface area (Å²) in [5, 5.41) is 2.42. The summed E-state index contributed by atoms with van der Waals surface area (Å²) in [4.78, 5) is 11.6. The molecule has 0 bridgehead atoms. The summed E-state index contributed by atoms with van der Waals surface area (Å²) in [7, 11) is 0. The first kappa shape index (κ1) is 13.4. The molecular formula is C19H17NO. The predicted octanol–water partition coefficient (Wildman–Crippen LogP) is 4.09. The molecule has 3 rings (SSSR count). The third kappa shape index (κ3) is 2.40. The van der Waals surface area contributed by atoms with Gasteiger partial charge in [0.25, 0.3) is 0 Å². The lowest BCUT2D eigenvalue weighted by Crippen LogP contribution is -2.15. The number of carbonyl (C=O) groups excluding carboxylic acids is 1. The highest BCUT2D eigenvalue weighted by Gasteiger charge is 2.16. The Bertz CT molecular complexity index is 802. The second-order valence-electron chi connectivity index (χ2n) is 5.24. The van der Waals surface area contributed by atoms with Gasteiger partial charge in [-0.2, -0.15) is 0 Å². The van der Waals surface area contributed by atoms with E-state index in [2.05, 4.69) is 37.3 Å². The van der Waals surface area contributed by atoms with Gasteiger partial charge in [-0.1, -0.05) is 67.6 Å². The quantitative estimate of drug-likeness (QED) is 0.768. The maximum atomic E-state index is 11.6. The number of nitrogens with two attached hydrogens (primary N) is 1. The van der Waals surface area contributed by atoms with Crippen molar-refractivity contribution in [3.8, 4) is 0 Å². The van der Waals surface area contributed by atoms with E-state index in [0.717, 1.165) is 5.56 Å². The molecule has 0 aliphatic carbocycles. The maximum absolute atomic E-state index is 11.6. The van der Waals surface area contributed by atoms with Gasteiger partial charge >= 0.3 is 0 Å². The van der Waals surface area contributed by atoms with Crippen LogP contribution >= 0.6 is 0 Å². The molecule has 0 radical (unpaired) electrons. The second-order valence-corrected chi connectivity index (χ2v) is 5.24. The molecule has 2 heteroatoms. The zero-order valence-electron chi connectivity index (χ0n) is 11.9. The Labute approximate surface area is 124 Å². The van der Waals surface area contributed by atoms with Gasteiger partial charge in [-0.05, 0) is 28.0 Å². The zero-order valence-corrected chi connectivity index (χ0v) is 11.9. The fourth-order valence-electron chi connectivity index (χ4n) is 2.89. The number of hydrogen-bond donors (Lipinski definition) is 1. The molecule has 0 saturated heterocycles. The van der Waals surface area contributed by atoms with Crippen molar-refractivity contribution in [1.29, 1.82) is 0 Å². The predicted molar refractivity (Wildman–Crippen MR) is 86.4 cm³/mol. The van der Waals surface area contributed by atoms with Crippen LogP contribution in [0.4, 0.5) is 0 Å². The molecule has 0 unspecified atom stereocenters. The Kier molecular flexibility index (Phi) is 3.44. The fraction of sp³-hybridized carbons (Fsp3) is 0.105. The first-order valence-electron chi connectivity index (χ1n) is 7.05. The Morgan fingerprint density at radius 3 is 2.29 bits per heavy atom. The lowest BCUT2D eigenvalue weighted by atomic mass is 9.86. The van der Waals surface area contributed by atoms with Gasteiger partial charge < -0.3 is 5.73 Å². The standard InChI is InChI=1S/C19H17NO/c1-13(16-9-4-5-11-18(16)19(20)21)15-12-6-8-14-7-2-3-10-17(14)15/h2-13H,1H3,(H2,20,21)/t13-/m1/s1. The number of fused-ring (bicyclic) bond motifs is 1. The van der Waals surface area contributed by atoms with Crippen molar-refractivity contribution < 1.29 is 4.79 Å². The number of rotatable bonds is 3. The summed E-state index contributed by atoms with van der Waals surface area (Å²) in [5.41, 5.74) is 8.28. The first-order valence-corrected chi connectivity index (χ1v) is 7.05. The number of amides is 1. The fourth-order valence-corrected chi connectivity index (χ4v) is 2.89. The Hall–Kier alpha value is -2.61. The summed E-state index contributed by atoms with van der Waals surface area (Å²) >= 11 is 0. The van der Waals surface area contributed by atoms with Crippen LogP contribution in [-0.2, 0) is 0 Å². The number of primary amides is 1. The van der Waals surface area contributed by atoms with Gasteiger partial charge in [0.1, 0.15) is 0 Å². The van der Waals surface area contributed by atoms with E-state index in [4.69, 9.17) is 5.73 Å². The van der Waals surface area contributed by atoms with Crippen molar-refractivity contribution in [3.05, 3.63) is 83.4 Å². The summed E-state index contributed by atoms with van der Waals surface area (Å²) in [5.74, 6) is -0.266. The molecule has 0 aliphatic rings. The van der Waals surface area contributed by atoms with Gasteiger partial charge in [0.15, 0.2) is 0 Å². The molecule has 0 aromatic heterocycles. The van der Waals surface area contributed by atoms with E-state index in [1.54, 1.807) is 6.07 Å². The molecule has 0 spiro atoms. The topological polar surface area (TPSA) is 43.1 Å². The Balaban J connectivity index is 2.18. The SMILES string of the molecule is C[C@@H](c1ccccc1C(N)=O)c1cccc2ccccc12. The average Bonchev–Trinajstić information content (AvgIpc) is 2.53. The summed E-state index contributed by atoms with van der Waals surface area (Å²) in [6.45, 7) is 2.11. The maximum Gasteiger partial charge on any atom is 0.248 e. The third-order valence-corrected chi connectivity index (χ3v) is 3.98. The smallest absolute Gasteiger partial charge is 0.248 e. The van der Waals surface area contributed by atoms with Crippen LogP contribution in [0.5, 0.6) is 0 Å². The van der Waals surface area contributed by atoms with Crippen molar-refractivity contribution in [2.24, 2.45) is 5.73 Å². The second kappa shape index (κ2) is 5.41. The molecular weight excluding hydrogens is 258 g/mol. The highest BCUT2D eigenvalue weighted by atomic mass is 16.1. The lowest BCUT2D eigenvalue weighted by Gasteiger charge is -2.17. The minimum Gasteiger partial charge on any atom is -0.366 e. The van der Waals surface area contributed by atoms with Gasteiger partial charge in [0.2, 0.25) is 5.91 Å². The molecule has 2 N–H and O–H groups in total. The van der Waals surface area contributed by atoms with Crippen molar-refractivity contribution in [2.75, 3.05) is 0 Å². The van der Waals surface area contributed by atoms with Crippen LogP contribution < -0.4 is 5.73 Å². The van der Waals surface area contributed by atoms with Gasteiger partial charge in [0.05, 0.1) is 0 Å². The first-order chi connectivity index (χ1) is 10.2. The normalized spacial score (nSPS) is 12.2. The zero-order chi connectivity index (χ0) is 14.8. The van der Waals surface area contributed by atoms with E-state index in [1.807, 2.05) is 30.3 Å². The van der Waals surface area contributed by atoms with Crippen LogP contribution in [0.2, 0.25) is 0 Å². The van der Waals surface area contributed by atoms with Crippen LogP contribution in [0.1, 0.15) is 34.3 Å². The van der Waals surface area contributed by atoms with E-state index >= 15 is 0 Å². The molecule has 2 nitrogen and oxygen atoms in total.